The molecule has 2 aliphatic carbocycles. The summed E-state index contributed by atoms with van der Waals surface area (Å²) < 4.78 is 5.92. The first-order valence-corrected chi connectivity index (χ1v) is 6.70. The zero-order valence-corrected chi connectivity index (χ0v) is 9.95. The molecule has 0 aromatic heterocycles. The molecule has 2 fully saturated rings. The number of hydrogen-bond donors (Lipinski definition) is 1. The molecule has 2 aliphatic rings. The maximum absolute atomic E-state index is 6.32. The Morgan fingerprint density at radius 3 is 2.27 bits per heavy atom. The van der Waals surface area contributed by atoms with Crippen molar-refractivity contribution in [3.8, 4) is 0 Å². The van der Waals surface area contributed by atoms with Crippen molar-refractivity contribution in [3.05, 3.63) is 0 Å². The van der Waals surface area contributed by atoms with Gasteiger partial charge in [-0.1, -0.05) is 19.3 Å². The van der Waals surface area contributed by atoms with E-state index in [0.29, 0.717) is 12.1 Å². The smallest absolute Gasteiger partial charge is 0.0756 e. The summed E-state index contributed by atoms with van der Waals surface area (Å²) in [5.41, 5.74) is 6.32. The highest BCUT2D eigenvalue weighted by Gasteiger charge is 2.38. The lowest BCUT2D eigenvalue weighted by Gasteiger charge is -2.34. The third-order valence-corrected chi connectivity index (χ3v) is 4.02. The Morgan fingerprint density at radius 2 is 1.73 bits per heavy atom. The van der Waals surface area contributed by atoms with E-state index in [1.165, 1.54) is 44.9 Å². The van der Waals surface area contributed by atoms with E-state index < -0.39 is 0 Å². The number of hydrogen-bond acceptors (Lipinski definition) is 2. The first kappa shape index (κ1) is 11.4. The molecule has 0 heterocycles. The predicted octanol–water partition coefficient (Wildman–Crippen LogP) is 2.71. The van der Waals surface area contributed by atoms with Crippen molar-refractivity contribution in [2.45, 2.75) is 64.0 Å². The van der Waals surface area contributed by atoms with E-state index in [1.807, 2.05) is 0 Å². The van der Waals surface area contributed by atoms with Gasteiger partial charge in [-0.25, -0.2) is 0 Å². The molecule has 0 aromatic rings. The summed E-state index contributed by atoms with van der Waals surface area (Å²) in [6.07, 6.45) is 9.86. The van der Waals surface area contributed by atoms with Crippen LogP contribution in [-0.2, 0) is 4.74 Å². The quantitative estimate of drug-likeness (QED) is 0.759. The Bertz CT molecular complexity index is 185. The zero-order valence-electron chi connectivity index (χ0n) is 9.95. The van der Waals surface area contributed by atoms with E-state index in [9.17, 15) is 0 Å². The van der Waals surface area contributed by atoms with Crippen LogP contribution in [0.2, 0.25) is 0 Å². The summed E-state index contributed by atoms with van der Waals surface area (Å²) in [6, 6.07) is 0.313. The first-order valence-electron chi connectivity index (χ1n) is 6.70. The zero-order chi connectivity index (χ0) is 10.7. The molecular formula is C13H25NO. The van der Waals surface area contributed by atoms with E-state index in [1.54, 1.807) is 0 Å². The van der Waals surface area contributed by atoms with Gasteiger partial charge in [-0.3, -0.25) is 0 Å². The highest BCUT2D eigenvalue weighted by Crippen LogP contribution is 2.38. The fourth-order valence-corrected chi connectivity index (χ4v) is 2.97. The third-order valence-electron chi connectivity index (χ3n) is 4.02. The van der Waals surface area contributed by atoms with E-state index >= 15 is 0 Å². The third kappa shape index (κ3) is 2.94. The van der Waals surface area contributed by atoms with Crippen LogP contribution in [0.25, 0.3) is 0 Å². The van der Waals surface area contributed by atoms with Crippen LogP contribution >= 0.6 is 0 Å². The molecule has 0 saturated heterocycles. The molecule has 2 saturated carbocycles. The standard InChI is InChI=1S/C13H25NO/c1-2-15-13(12(14)10-8-9-10)11-6-4-3-5-7-11/h10-13H,2-9,14H2,1H3. The second-order valence-corrected chi connectivity index (χ2v) is 5.23. The van der Waals surface area contributed by atoms with Crippen molar-refractivity contribution in [2.24, 2.45) is 17.6 Å². The van der Waals surface area contributed by atoms with Gasteiger partial charge in [-0.2, -0.15) is 0 Å². The van der Waals surface area contributed by atoms with E-state index in [-0.39, 0.29) is 0 Å². The second kappa shape index (κ2) is 5.31. The Balaban J connectivity index is 1.90. The first-order chi connectivity index (χ1) is 7.33. The van der Waals surface area contributed by atoms with E-state index in [4.69, 9.17) is 10.5 Å². The van der Waals surface area contributed by atoms with Crippen LogP contribution in [0.15, 0.2) is 0 Å². The maximum Gasteiger partial charge on any atom is 0.0756 e. The van der Waals surface area contributed by atoms with Crippen LogP contribution in [0, 0.1) is 11.8 Å². The topological polar surface area (TPSA) is 35.2 Å². The van der Waals surface area contributed by atoms with Gasteiger partial charge < -0.3 is 10.5 Å². The van der Waals surface area contributed by atoms with Crippen molar-refractivity contribution < 1.29 is 4.74 Å². The Kier molecular flexibility index (Phi) is 4.04. The molecule has 0 amide bonds. The lowest BCUT2D eigenvalue weighted by Crippen LogP contribution is -2.44. The molecule has 2 rings (SSSR count). The summed E-state index contributed by atoms with van der Waals surface area (Å²) in [4.78, 5) is 0. The maximum atomic E-state index is 6.32. The minimum atomic E-state index is 0.313. The predicted molar refractivity (Wildman–Crippen MR) is 62.7 cm³/mol. The average Bonchev–Trinajstić information content (AvgIpc) is 3.10. The molecule has 2 atom stereocenters. The fraction of sp³-hybridized carbons (Fsp3) is 1.00. The molecule has 88 valence electrons. The minimum absolute atomic E-state index is 0.313. The SMILES string of the molecule is CCOC(C1CCCCC1)C(N)C1CC1. The number of rotatable bonds is 5. The Hall–Kier alpha value is -0.0800. The van der Waals surface area contributed by atoms with Crippen molar-refractivity contribution in [3.63, 3.8) is 0 Å². The van der Waals surface area contributed by atoms with Crippen LogP contribution in [0.3, 0.4) is 0 Å². The Labute approximate surface area is 93.6 Å². The van der Waals surface area contributed by atoms with Crippen molar-refractivity contribution in [1.82, 2.24) is 0 Å². The molecule has 0 aromatic carbocycles. The van der Waals surface area contributed by atoms with Crippen molar-refractivity contribution in [2.75, 3.05) is 6.61 Å². The van der Waals surface area contributed by atoms with Gasteiger partial charge in [0.15, 0.2) is 0 Å². The van der Waals surface area contributed by atoms with Gasteiger partial charge >= 0.3 is 0 Å². The van der Waals surface area contributed by atoms with Gasteiger partial charge in [0.25, 0.3) is 0 Å². The summed E-state index contributed by atoms with van der Waals surface area (Å²) in [5, 5.41) is 0. The number of nitrogens with two attached hydrogens (primary N) is 1. The largest absolute Gasteiger partial charge is 0.377 e. The van der Waals surface area contributed by atoms with E-state index in [0.717, 1.165) is 18.4 Å². The van der Waals surface area contributed by atoms with Crippen LogP contribution in [0.1, 0.15) is 51.9 Å². The van der Waals surface area contributed by atoms with Crippen LogP contribution in [0.5, 0.6) is 0 Å². The molecule has 0 spiro atoms. The van der Waals surface area contributed by atoms with Gasteiger partial charge in [-0.05, 0) is 44.4 Å². The fourth-order valence-electron chi connectivity index (χ4n) is 2.97. The lowest BCUT2D eigenvalue weighted by atomic mass is 9.81. The van der Waals surface area contributed by atoms with Gasteiger partial charge in [0.2, 0.25) is 0 Å². The molecule has 2 unspecified atom stereocenters. The molecule has 0 aliphatic heterocycles. The summed E-state index contributed by atoms with van der Waals surface area (Å²) >= 11 is 0. The molecule has 15 heavy (non-hydrogen) atoms. The lowest BCUT2D eigenvalue weighted by molar-refractivity contribution is -0.0136. The van der Waals surface area contributed by atoms with Gasteiger partial charge in [-0.15, -0.1) is 0 Å². The van der Waals surface area contributed by atoms with E-state index in [2.05, 4.69) is 6.92 Å². The van der Waals surface area contributed by atoms with Crippen molar-refractivity contribution in [1.29, 1.82) is 0 Å². The summed E-state index contributed by atoms with van der Waals surface area (Å²) in [6.45, 7) is 2.91. The molecule has 2 nitrogen and oxygen atoms in total. The highest BCUT2D eigenvalue weighted by atomic mass is 16.5. The minimum Gasteiger partial charge on any atom is -0.377 e. The highest BCUT2D eigenvalue weighted by molar-refractivity contribution is 4.92. The molecule has 0 radical (unpaired) electrons. The van der Waals surface area contributed by atoms with Gasteiger partial charge in [0, 0.05) is 12.6 Å². The molecule has 0 bridgehead atoms. The summed E-state index contributed by atoms with van der Waals surface area (Å²) in [7, 11) is 0. The number of ether oxygens (including phenoxy) is 1. The van der Waals surface area contributed by atoms with Crippen LogP contribution < -0.4 is 5.73 Å². The van der Waals surface area contributed by atoms with Crippen LogP contribution in [-0.4, -0.2) is 18.8 Å². The monoisotopic (exact) mass is 211 g/mol. The van der Waals surface area contributed by atoms with Crippen LogP contribution in [0.4, 0.5) is 0 Å². The van der Waals surface area contributed by atoms with Gasteiger partial charge in [0.05, 0.1) is 6.10 Å². The normalized spacial score (nSPS) is 27.6. The molecule has 2 N–H and O–H groups in total. The van der Waals surface area contributed by atoms with Gasteiger partial charge in [0.1, 0.15) is 0 Å². The molecular weight excluding hydrogens is 186 g/mol. The summed E-state index contributed by atoms with van der Waals surface area (Å²) in [5.74, 6) is 1.51. The Morgan fingerprint density at radius 1 is 1.07 bits per heavy atom. The second-order valence-electron chi connectivity index (χ2n) is 5.23. The average molecular weight is 211 g/mol. The van der Waals surface area contributed by atoms with Crippen molar-refractivity contribution >= 4 is 0 Å². The molecule has 2 heteroatoms.